The fourth-order valence-electron chi connectivity index (χ4n) is 0. The molecule has 0 aromatic carbocycles. The van der Waals surface area contributed by atoms with Gasteiger partial charge in [-0.3, -0.25) is 4.79 Å². The van der Waals surface area contributed by atoms with E-state index in [4.69, 9.17) is 9.90 Å². The van der Waals surface area contributed by atoms with Crippen LogP contribution in [0.2, 0.25) is 0 Å². The molecule has 0 saturated heterocycles. The van der Waals surface area contributed by atoms with E-state index in [1.54, 1.807) is 0 Å². The van der Waals surface area contributed by atoms with E-state index >= 15 is 0 Å². The number of carboxylic acid groups (broad SMARTS) is 1. The summed E-state index contributed by atoms with van der Waals surface area (Å²) < 4.78 is 0. The molecule has 44 valence electrons. The summed E-state index contributed by atoms with van der Waals surface area (Å²) in [7, 11) is 4.00. The molecule has 0 spiro atoms. The van der Waals surface area contributed by atoms with Gasteiger partial charge < -0.3 is 10.4 Å². The van der Waals surface area contributed by atoms with E-state index in [9.17, 15) is 0 Å². The number of rotatable bonds is 0. The fourth-order valence-corrected chi connectivity index (χ4v) is 0. The maximum absolute atomic E-state index is 9.00. The highest BCUT2D eigenvalue weighted by Gasteiger charge is 1.65. The second kappa shape index (κ2) is 9.06. The van der Waals surface area contributed by atoms with Gasteiger partial charge in [-0.05, 0) is 0 Å². The average molecular weight is 106 g/mol. The van der Waals surface area contributed by atoms with Gasteiger partial charge in [0.25, 0.3) is 5.97 Å². The van der Waals surface area contributed by atoms with Crippen LogP contribution in [-0.2, 0) is 4.79 Å². The Balaban J connectivity index is 0. The Hall–Kier alpha value is -0.570. The number of carboxylic acids is 1. The highest BCUT2D eigenvalue weighted by molar-refractivity contribution is 5.62. The minimum atomic E-state index is -0.833. The number of quaternary nitrogens is 1. The van der Waals surface area contributed by atoms with Gasteiger partial charge in [0, 0.05) is 6.92 Å². The van der Waals surface area contributed by atoms with E-state index in [2.05, 4.69) is 0 Å². The molecule has 0 heterocycles. The molecule has 3 N–H and O–H groups in total. The molecule has 0 radical (unpaired) electrons. The lowest BCUT2D eigenvalue weighted by Crippen LogP contribution is -2.74. The fraction of sp³-hybridized carbons (Fsp3) is 0.750. The molecular weight excluding hydrogens is 94.0 g/mol. The van der Waals surface area contributed by atoms with Crippen molar-refractivity contribution in [1.29, 1.82) is 0 Å². The molecule has 0 aliphatic carbocycles. The lowest BCUT2D eigenvalue weighted by molar-refractivity contribution is -0.597. The maximum Gasteiger partial charge on any atom is 0.300 e. The van der Waals surface area contributed by atoms with Gasteiger partial charge in [0.15, 0.2) is 0 Å². The predicted octanol–water partition coefficient (Wildman–Crippen LogP) is -1.10. The Morgan fingerprint density at radius 2 is 1.57 bits per heavy atom. The van der Waals surface area contributed by atoms with Crippen molar-refractivity contribution in [1.82, 2.24) is 0 Å². The Bertz CT molecular complexity index is 41.0. The average Bonchev–Trinajstić information content (AvgIpc) is 1.33. The van der Waals surface area contributed by atoms with Crippen molar-refractivity contribution >= 4 is 5.97 Å². The Morgan fingerprint density at radius 3 is 1.57 bits per heavy atom. The molecular formula is C4H12NO2+. The molecule has 0 aliphatic heterocycles. The van der Waals surface area contributed by atoms with Crippen LogP contribution in [-0.4, -0.2) is 25.2 Å². The van der Waals surface area contributed by atoms with Crippen molar-refractivity contribution in [2.75, 3.05) is 14.1 Å². The molecule has 0 unspecified atom stereocenters. The molecule has 0 bridgehead atoms. The van der Waals surface area contributed by atoms with Crippen LogP contribution < -0.4 is 5.32 Å². The summed E-state index contributed by atoms with van der Waals surface area (Å²) in [5.74, 6) is -0.833. The topological polar surface area (TPSA) is 53.9 Å². The number of hydrogen-bond acceptors (Lipinski definition) is 1. The molecule has 0 aliphatic rings. The van der Waals surface area contributed by atoms with Crippen LogP contribution in [0.4, 0.5) is 0 Å². The Labute approximate surface area is 43.3 Å². The molecule has 0 aromatic rings. The quantitative estimate of drug-likeness (QED) is 0.412. The summed E-state index contributed by atoms with van der Waals surface area (Å²) in [5.41, 5.74) is 0. The van der Waals surface area contributed by atoms with Crippen LogP contribution in [0.15, 0.2) is 0 Å². The predicted molar refractivity (Wildman–Crippen MR) is 27.1 cm³/mol. The zero-order chi connectivity index (χ0) is 6.28. The molecule has 0 aromatic heterocycles. The second-order valence-electron chi connectivity index (χ2n) is 1.10. The van der Waals surface area contributed by atoms with Crippen molar-refractivity contribution in [3.63, 3.8) is 0 Å². The van der Waals surface area contributed by atoms with Crippen LogP contribution in [0.5, 0.6) is 0 Å². The van der Waals surface area contributed by atoms with Crippen LogP contribution in [0.3, 0.4) is 0 Å². The first-order valence-corrected chi connectivity index (χ1v) is 2.08. The van der Waals surface area contributed by atoms with E-state index in [-0.39, 0.29) is 0 Å². The summed E-state index contributed by atoms with van der Waals surface area (Å²) in [6.45, 7) is 1.08. The van der Waals surface area contributed by atoms with E-state index in [0.29, 0.717) is 0 Å². The summed E-state index contributed by atoms with van der Waals surface area (Å²) in [6.07, 6.45) is 0. The third kappa shape index (κ3) is 197. The van der Waals surface area contributed by atoms with Gasteiger partial charge in [-0.1, -0.05) is 0 Å². The van der Waals surface area contributed by atoms with Gasteiger partial charge in [0.05, 0.1) is 14.1 Å². The molecule has 3 nitrogen and oxygen atoms in total. The van der Waals surface area contributed by atoms with Crippen molar-refractivity contribution in [3.05, 3.63) is 0 Å². The molecule has 7 heavy (non-hydrogen) atoms. The normalized spacial score (nSPS) is 6.14. The van der Waals surface area contributed by atoms with E-state index in [0.717, 1.165) is 6.92 Å². The van der Waals surface area contributed by atoms with Crippen molar-refractivity contribution < 1.29 is 15.2 Å². The van der Waals surface area contributed by atoms with Gasteiger partial charge in [0.2, 0.25) is 0 Å². The lowest BCUT2D eigenvalue weighted by atomic mass is 10.9. The Kier molecular flexibility index (Phi) is 12.5. The summed E-state index contributed by atoms with van der Waals surface area (Å²) >= 11 is 0. The minimum Gasteiger partial charge on any atom is -0.481 e. The van der Waals surface area contributed by atoms with Crippen LogP contribution in [0.25, 0.3) is 0 Å². The molecule has 0 fully saturated rings. The summed E-state index contributed by atoms with van der Waals surface area (Å²) in [6, 6.07) is 0. The van der Waals surface area contributed by atoms with Gasteiger partial charge in [0.1, 0.15) is 0 Å². The first-order chi connectivity index (χ1) is 3.15. The number of aliphatic carboxylic acids is 1. The summed E-state index contributed by atoms with van der Waals surface area (Å²) in [4.78, 5) is 9.00. The zero-order valence-electron chi connectivity index (χ0n) is 4.93. The van der Waals surface area contributed by atoms with Crippen molar-refractivity contribution in [2.45, 2.75) is 6.92 Å². The van der Waals surface area contributed by atoms with E-state index in [1.807, 2.05) is 19.4 Å². The minimum absolute atomic E-state index is 0.833. The maximum atomic E-state index is 9.00. The highest BCUT2D eigenvalue weighted by atomic mass is 16.4. The van der Waals surface area contributed by atoms with E-state index in [1.165, 1.54) is 0 Å². The second-order valence-corrected chi connectivity index (χ2v) is 1.10. The molecule has 0 saturated carbocycles. The third-order valence-corrected chi connectivity index (χ3v) is 0. The zero-order valence-corrected chi connectivity index (χ0v) is 4.93. The van der Waals surface area contributed by atoms with Crippen molar-refractivity contribution in [2.24, 2.45) is 0 Å². The standard InChI is InChI=1S/C2H7N.C2H4O2/c1-3-2;1-2(3)4/h3H,1-2H3;1H3,(H,3,4)/p+1. The highest BCUT2D eigenvalue weighted by Crippen LogP contribution is 1.42. The monoisotopic (exact) mass is 106 g/mol. The first-order valence-electron chi connectivity index (χ1n) is 2.08. The molecule has 0 atom stereocenters. The number of carbonyl (C=O) groups is 1. The van der Waals surface area contributed by atoms with Gasteiger partial charge in [-0.15, -0.1) is 0 Å². The summed E-state index contributed by atoms with van der Waals surface area (Å²) in [5, 5.41) is 9.42. The smallest absolute Gasteiger partial charge is 0.300 e. The van der Waals surface area contributed by atoms with Crippen molar-refractivity contribution in [3.8, 4) is 0 Å². The van der Waals surface area contributed by atoms with Crippen LogP contribution >= 0.6 is 0 Å². The van der Waals surface area contributed by atoms with Gasteiger partial charge in [-0.2, -0.15) is 0 Å². The van der Waals surface area contributed by atoms with E-state index < -0.39 is 5.97 Å². The molecule has 0 amide bonds. The number of nitrogens with two attached hydrogens (primary N) is 1. The van der Waals surface area contributed by atoms with Crippen LogP contribution in [0.1, 0.15) is 6.92 Å². The molecule has 3 heteroatoms. The molecule has 0 rings (SSSR count). The lowest BCUT2D eigenvalue weighted by Gasteiger charge is -1.59. The number of hydrogen-bond donors (Lipinski definition) is 2. The third-order valence-electron chi connectivity index (χ3n) is 0. The van der Waals surface area contributed by atoms with Gasteiger partial charge in [-0.25, -0.2) is 0 Å². The Morgan fingerprint density at radius 1 is 1.57 bits per heavy atom. The first kappa shape index (κ1) is 9.66. The van der Waals surface area contributed by atoms with Gasteiger partial charge >= 0.3 is 0 Å². The largest absolute Gasteiger partial charge is 0.481 e. The van der Waals surface area contributed by atoms with Crippen LogP contribution in [0, 0.1) is 0 Å². The SMILES string of the molecule is CC(=O)O.C[NH2+]C.